The van der Waals surface area contributed by atoms with Gasteiger partial charge in [0.1, 0.15) is 0 Å². The highest BCUT2D eigenvalue weighted by atomic mass is 35.5. The first-order valence-electron chi connectivity index (χ1n) is 6.58. The summed E-state index contributed by atoms with van der Waals surface area (Å²) in [7, 11) is 0. The van der Waals surface area contributed by atoms with Crippen molar-refractivity contribution in [3.05, 3.63) is 0 Å². The fourth-order valence-corrected chi connectivity index (χ4v) is 2.93. The van der Waals surface area contributed by atoms with E-state index in [0.29, 0.717) is 17.7 Å². The topological polar surface area (TPSA) is 20.3 Å². The van der Waals surface area contributed by atoms with E-state index in [-0.39, 0.29) is 5.38 Å². The summed E-state index contributed by atoms with van der Waals surface area (Å²) in [6, 6.07) is 0. The second-order valence-corrected chi connectivity index (χ2v) is 6.09. The Morgan fingerprint density at radius 2 is 1.94 bits per heavy atom. The summed E-state index contributed by atoms with van der Waals surface area (Å²) in [6.07, 6.45) is 6.81. The minimum absolute atomic E-state index is 0.254. The second-order valence-electron chi connectivity index (χ2n) is 5.40. The van der Waals surface area contributed by atoms with Crippen molar-refractivity contribution in [2.75, 3.05) is 13.1 Å². The molecule has 1 amide bonds. The molecule has 1 saturated carbocycles. The average Bonchev–Trinajstić information content (AvgIpc) is 2.23. The maximum Gasteiger partial charge on any atom is 0.222 e. The van der Waals surface area contributed by atoms with Crippen LogP contribution in [0, 0.1) is 11.8 Å². The van der Waals surface area contributed by atoms with E-state index in [9.17, 15) is 4.79 Å². The van der Waals surface area contributed by atoms with Crippen molar-refractivity contribution in [2.24, 2.45) is 11.8 Å². The van der Waals surface area contributed by atoms with Crippen LogP contribution in [0.4, 0.5) is 0 Å². The minimum Gasteiger partial charge on any atom is -0.343 e. The van der Waals surface area contributed by atoms with E-state index < -0.39 is 0 Å². The smallest absolute Gasteiger partial charge is 0.222 e. The standard InChI is InChI=1S/C13H22ClNO/c1-10(14)12-5-7-15(8-6-12)13(16)9-11-3-2-4-11/h10-12H,2-9H2,1H3. The molecule has 1 unspecified atom stereocenters. The molecule has 1 heterocycles. The molecule has 0 bridgehead atoms. The van der Waals surface area contributed by atoms with Gasteiger partial charge in [0, 0.05) is 24.9 Å². The molecule has 0 N–H and O–H groups in total. The highest BCUT2D eigenvalue weighted by Crippen LogP contribution is 2.31. The van der Waals surface area contributed by atoms with Crippen LogP contribution in [0.5, 0.6) is 0 Å². The van der Waals surface area contributed by atoms with Crippen molar-refractivity contribution in [1.82, 2.24) is 4.90 Å². The lowest BCUT2D eigenvalue weighted by atomic mass is 9.82. The molecular formula is C13H22ClNO. The fourth-order valence-electron chi connectivity index (χ4n) is 2.68. The normalized spacial score (nSPS) is 25.2. The molecule has 2 nitrogen and oxygen atoms in total. The summed E-state index contributed by atoms with van der Waals surface area (Å²) >= 11 is 6.10. The molecule has 0 aromatic rings. The van der Waals surface area contributed by atoms with Crippen LogP contribution in [0.15, 0.2) is 0 Å². The van der Waals surface area contributed by atoms with E-state index >= 15 is 0 Å². The van der Waals surface area contributed by atoms with Crippen molar-refractivity contribution in [2.45, 2.75) is 50.8 Å². The number of hydrogen-bond acceptors (Lipinski definition) is 1. The van der Waals surface area contributed by atoms with Crippen LogP contribution in [-0.4, -0.2) is 29.3 Å². The molecule has 2 aliphatic rings. The first-order valence-corrected chi connectivity index (χ1v) is 7.02. The van der Waals surface area contributed by atoms with E-state index in [0.717, 1.165) is 32.4 Å². The fraction of sp³-hybridized carbons (Fsp3) is 0.923. The number of halogens is 1. The quantitative estimate of drug-likeness (QED) is 0.698. The van der Waals surface area contributed by atoms with Crippen LogP contribution >= 0.6 is 11.6 Å². The van der Waals surface area contributed by atoms with Crippen LogP contribution in [0.3, 0.4) is 0 Å². The zero-order chi connectivity index (χ0) is 11.5. The predicted molar refractivity (Wildman–Crippen MR) is 66.6 cm³/mol. The predicted octanol–water partition coefficient (Wildman–Crippen LogP) is 3.04. The third-order valence-electron chi connectivity index (χ3n) is 4.23. The van der Waals surface area contributed by atoms with Crippen molar-refractivity contribution < 1.29 is 4.79 Å². The second kappa shape index (κ2) is 5.39. The molecule has 3 heteroatoms. The lowest BCUT2D eigenvalue weighted by Crippen LogP contribution is -2.41. The number of nitrogens with zero attached hydrogens (tertiary/aromatic N) is 1. The SMILES string of the molecule is CC(Cl)C1CCN(C(=O)CC2CCC2)CC1. The molecule has 1 aliphatic carbocycles. The Bertz CT molecular complexity index is 242. The summed E-state index contributed by atoms with van der Waals surface area (Å²) in [5, 5.41) is 0.254. The Kier molecular flexibility index (Phi) is 4.12. The minimum atomic E-state index is 0.254. The Labute approximate surface area is 103 Å². The molecule has 2 fully saturated rings. The van der Waals surface area contributed by atoms with Gasteiger partial charge in [-0.25, -0.2) is 0 Å². The lowest BCUT2D eigenvalue weighted by molar-refractivity contribution is -0.134. The monoisotopic (exact) mass is 243 g/mol. The lowest BCUT2D eigenvalue weighted by Gasteiger charge is -2.35. The highest BCUT2D eigenvalue weighted by Gasteiger charge is 2.28. The van der Waals surface area contributed by atoms with E-state index in [2.05, 4.69) is 6.92 Å². The Hall–Kier alpha value is -0.240. The van der Waals surface area contributed by atoms with Gasteiger partial charge in [-0.05, 0) is 44.4 Å². The van der Waals surface area contributed by atoms with Crippen molar-refractivity contribution in [1.29, 1.82) is 0 Å². The van der Waals surface area contributed by atoms with E-state index in [1.807, 2.05) is 4.90 Å². The average molecular weight is 244 g/mol. The van der Waals surface area contributed by atoms with Gasteiger partial charge >= 0.3 is 0 Å². The van der Waals surface area contributed by atoms with Crippen LogP contribution in [0.2, 0.25) is 0 Å². The van der Waals surface area contributed by atoms with Crippen LogP contribution < -0.4 is 0 Å². The molecule has 0 aromatic carbocycles. The number of carbonyl (C=O) groups excluding carboxylic acids is 1. The number of likely N-dealkylation sites (tertiary alicyclic amines) is 1. The maximum atomic E-state index is 12.0. The highest BCUT2D eigenvalue weighted by molar-refractivity contribution is 6.20. The number of carbonyl (C=O) groups is 1. The Balaban J connectivity index is 1.72. The van der Waals surface area contributed by atoms with Gasteiger partial charge in [-0.3, -0.25) is 4.79 Å². The number of hydrogen-bond donors (Lipinski definition) is 0. The zero-order valence-corrected chi connectivity index (χ0v) is 10.9. The van der Waals surface area contributed by atoms with Crippen molar-refractivity contribution in [3.63, 3.8) is 0 Å². The molecule has 0 radical (unpaired) electrons. The van der Waals surface area contributed by atoms with Gasteiger partial charge in [0.2, 0.25) is 5.91 Å². The van der Waals surface area contributed by atoms with Crippen LogP contribution in [0.25, 0.3) is 0 Å². The molecule has 1 aliphatic heterocycles. The van der Waals surface area contributed by atoms with Gasteiger partial charge in [0.15, 0.2) is 0 Å². The molecular weight excluding hydrogens is 222 g/mol. The van der Waals surface area contributed by atoms with Gasteiger partial charge in [-0.15, -0.1) is 11.6 Å². The molecule has 2 rings (SSSR count). The molecule has 1 saturated heterocycles. The van der Waals surface area contributed by atoms with Crippen molar-refractivity contribution >= 4 is 17.5 Å². The summed E-state index contributed by atoms with van der Waals surface area (Å²) in [4.78, 5) is 14.0. The molecule has 0 aromatic heterocycles. The first kappa shape index (κ1) is 12.2. The van der Waals surface area contributed by atoms with Gasteiger partial charge in [0.05, 0.1) is 0 Å². The summed E-state index contributed by atoms with van der Waals surface area (Å²) in [5.41, 5.74) is 0. The number of piperidine rings is 1. The largest absolute Gasteiger partial charge is 0.343 e. The van der Waals surface area contributed by atoms with E-state index in [1.165, 1.54) is 19.3 Å². The van der Waals surface area contributed by atoms with Crippen LogP contribution in [0.1, 0.15) is 45.4 Å². The summed E-state index contributed by atoms with van der Waals surface area (Å²) in [6.45, 7) is 3.92. The van der Waals surface area contributed by atoms with Crippen LogP contribution in [-0.2, 0) is 4.79 Å². The zero-order valence-electron chi connectivity index (χ0n) is 10.1. The van der Waals surface area contributed by atoms with Gasteiger partial charge in [-0.2, -0.15) is 0 Å². The Morgan fingerprint density at radius 1 is 1.31 bits per heavy atom. The molecule has 92 valence electrons. The van der Waals surface area contributed by atoms with Gasteiger partial charge < -0.3 is 4.90 Å². The van der Waals surface area contributed by atoms with E-state index in [1.54, 1.807) is 0 Å². The molecule has 1 atom stereocenters. The molecule has 0 spiro atoms. The number of alkyl halides is 1. The Morgan fingerprint density at radius 3 is 2.38 bits per heavy atom. The summed E-state index contributed by atoms with van der Waals surface area (Å²) in [5.74, 6) is 1.68. The first-order chi connectivity index (χ1) is 7.66. The van der Waals surface area contributed by atoms with Crippen molar-refractivity contribution in [3.8, 4) is 0 Å². The van der Waals surface area contributed by atoms with Gasteiger partial charge in [0.25, 0.3) is 0 Å². The molecule has 16 heavy (non-hydrogen) atoms. The third-order valence-corrected chi connectivity index (χ3v) is 4.59. The van der Waals surface area contributed by atoms with Gasteiger partial charge in [-0.1, -0.05) is 6.42 Å². The maximum absolute atomic E-state index is 12.0. The number of amides is 1. The summed E-state index contributed by atoms with van der Waals surface area (Å²) < 4.78 is 0. The van der Waals surface area contributed by atoms with E-state index in [4.69, 9.17) is 11.6 Å². The number of rotatable bonds is 3. The third kappa shape index (κ3) is 2.91.